The third-order valence-electron chi connectivity index (χ3n) is 3.33. The SMILES string of the molecule is NOOSc1cc2c(cc1Cl)NC(CSCc1ccccc1)=NS2(=O)=O. The lowest BCUT2D eigenvalue weighted by molar-refractivity contribution is -0.195. The topological polar surface area (TPSA) is 103 Å². The maximum absolute atomic E-state index is 12.5. The number of anilines is 1. The highest BCUT2D eigenvalue weighted by Crippen LogP contribution is 2.37. The van der Waals surface area contributed by atoms with Crippen LogP contribution in [0.1, 0.15) is 5.56 Å². The van der Waals surface area contributed by atoms with Crippen LogP contribution in [0.15, 0.2) is 56.7 Å². The fraction of sp³-hybridized carbons (Fsp3) is 0.133. The van der Waals surface area contributed by atoms with Gasteiger partial charge in [-0.25, -0.2) is 0 Å². The second-order valence-electron chi connectivity index (χ2n) is 5.14. The van der Waals surface area contributed by atoms with Crippen molar-refractivity contribution in [2.24, 2.45) is 10.3 Å². The molecule has 1 heterocycles. The van der Waals surface area contributed by atoms with Crippen molar-refractivity contribution in [2.75, 3.05) is 11.1 Å². The number of thioether (sulfide) groups is 1. The maximum atomic E-state index is 12.5. The van der Waals surface area contributed by atoms with Gasteiger partial charge in [0.2, 0.25) is 0 Å². The van der Waals surface area contributed by atoms with Crippen LogP contribution in [0.5, 0.6) is 0 Å². The highest BCUT2D eigenvalue weighted by molar-refractivity contribution is 7.99. The van der Waals surface area contributed by atoms with Crippen LogP contribution in [0, 0.1) is 0 Å². The molecule has 1 aliphatic rings. The van der Waals surface area contributed by atoms with E-state index in [1.54, 1.807) is 11.8 Å². The summed E-state index contributed by atoms with van der Waals surface area (Å²) in [6.45, 7) is 0. The zero-order valence-electron chi connectivity index (χ0n) is 13.2. The van der Waals surface area contributed by atoms with Gasteiger partial charge in [-0.1, -0.05) is 41.9 Å². The van der Waals surface area contributed by atoms with Gasteiger partial charge < -0.3 is 5.32 Å². The lowest BCUT2D eigenvalue weighted by Gasteiger charge is -2.19. The van der Waals surface area contributed by atoms with Gasteiger partial charge >= 0.3 is 0 Å². The standard InChI is InChI=1S/C15H14ClN3O4S3/c16-11-6-12-14(7-13(11)25-23-22-17)26(20,21)19-15(18-12)9-24-8-10-4-2-1-3-5-10/h1-7H,8-9,17H2,(H,18,19). The maximum Gasteiger partial charge on any atom is 0.286 e. The van der Waals surface area contributed by atoms with Crippen molar-refractivity contribution in [2.45, 2.75) is 15.5 Å². The van der Waals surface area contributed by atoms with Crippen molar-refractivity contribution in [3.8, 4) is 0 Å². The predicted octanol–water partition coefficient (Wildman–Crippen LogP) is 3.62. The Morgan fingerprint density at radius 1 is 1.19 bits per heavy atom. The van der Waals surface area contributed by atoms with E-state index in [1.165, 1.54) is 12.1 Å². The lowest BCUT2D eigenvalue weighted by atomic mass is 10.2. The highest BCUT2D eigenvalue weighted by atomic mass is 35.5. The summed E-state index contributed by atoms with van der Waals surface area (Å²) in [4.78, 5) is 4.36. The number of rotatable bonds is 7. The smallest absolute Gasteiger partial charge is 0.286 e. The van der Waals surface area contributed by atoms with Crippen molar-refractivity contribution in [1.82, 2.24) is 0 Å². The average molecular weight is 432 g/mol. The molecule has 0 saturated heterocycles. The molecule has 138 valence electrons. The van der Waals surface area contributed by atoms with Gasteiger partial charge in [0.05, 0.1) is 33.4 Å². The first-order valence-electron chi connectivity index (χ1n) is 7.26. The Balaban J connectivity index is 1.74. The minimum atomic E-state index is -3.84. The van der Waals surface area contributed by atoms with Gasteiger partial charge in [-0.05, 0) is 17.7 Å². The van der Waals surface area contributed by atoms with Gasteiger partial charge in [0.15, 0.2) is 0 Å². The van der Waals surface area contributed by atoms with Crippen LogP contribution < -0.4 is 11.2 Å². The van der Waals surface area contributed by atoms with Gasteiger partial charge in [0, 0.05) is 5.75 Å². The average Bonchev–Trinajstić information content (AvgIpc) is 2.60. The van der Waals surface area contributed by atoms with E-state index in [-0.39, 0.29) is 4.90 Å². The molecule has 2 aromatic carbocycles. The molecule has 7 nitrogen and oxygen atoms in total. The Morgan fingerprint density at radius 2 is 1.96 bits per heavy atom. The van der Waals surface area contributed by atoms with Gasteiger partial charge in [-0.2, -0.15) is 14.3 Å². The quantitative estimate of drug-likeness (QED) is 0.389. The lowest BCUT2D eigenvalue weighted by Crippen LogP contribution is -2.23. The Labute approximate surface area is 164 Å². The summed E-state index contributed by atoms with van der Waals surface area (Å²) in [6, 6.07) is 12.8. The van der Waals surface area contributed by atoms with Crippen LogP contribution in [0.3, 0.4) is 0 Å². The molecule has 0 radical (unpaired) electrons. The third-order valence-corrected chi connectivity index (χ3v) is 6.79. The highest BCUT2D eigenvalue weighted by Gasteiger charge is 2.26. The van der Waals surface area contributed by atoms with E-state index in [9.17, 15) is 8.42 Å². The summed E-state index contributed by atoms with van der Waals surface area (Å²) in [7, 11) is -3.84. The van der Waals surface area contributed by atoms with Crippen LogP contribution in [0.2, 0.25) is 5.02 Å². The second-order valence-corrected chi connectivity index (χ2v) is 8.85. The first kappa shape index (κ1) is 19.5. The minimum Gasteiger partial charge on any atom is -0.341 e. The van der Waals surface area contributed by atoms with Crippen molar-refractivity contribution in [3.05, 3.63) is 53.1 Å². The number of amidine groups is 1. The first-order chi connectivity index (χ1) is 12.5. The zero-order valence-corrected chi connectivity index (χ0v) is 16.4. The monoisotopic (exact) mass is 431 g/mol. The number of sulfonamides is 1. The fourth-order valence-electron chi connectivity index (χ4n) is 2.24. The molecular formula is C15H14ClN3O4S3. The molecule has 1 aliphatic heterocycles. The molecule has 26 heavy (non-hydrogen) atoms. The van der Waals surface area contributed by atoms with Crippen LogP contribution >= 0.6 is 35.4 Å². The van der Waals surface area contributed by atoms with E-state index in [0.717, 1.165) is 11.3 Å². The van der Waals surface area contributed by atoms with Crippen molar-refractivity contribution in [3.63, 3.8) is 0 Å². The van der Waals surface area contributed by atoms with Crippen LogP contribution in [0.4, 0.5) is 5.69 Å². The van der Waals surface area contributed by atoms with Crippen molar-refractivity contribution < 1.29 is 17.7 Å². The zero-order chi connectivity index (χ0) is 18.6. The van der Waals surface area contributed by atoms with E-state index in [1.807, 2.05) is 30.3 Å². The van der Waals surface area contributed by atoms with E-state index in [2.05, 4.69) is 19.0 Å². The summed E-state index contributed by atoms with van der Waals surface area (Å²) in [6.07, 6.45) is 0. The van der Waals surface area contributed by atoms with Gasteiger partial charge in [-0.15, -0.1) is 25.5 Å². The summed E-state index contributed by atoms with van der Waals surface area (Å²) in [5.41, 5.74) is 1.53. The van der Waals surface area contributed by atoms with Gasteiger partial charge in [0.1, 0.15) is 10.7 Å². The normalized spacial score (nSPS) is 15.1. The minimum absolute atomic E-state index is 0.0156. The van der Waals surface area contributed by atoms with E-state index < -0.39 is 10.0 Å². The van der Waals surface area contributed by atoms with Crippen LogP contribution in [-0.2, 0) is 25.1 Å². The molecule has 3 N–H and O–H groups in total. The van der Waals surface area contributed by atoms with Gasteiger partial charge in [0.25, 0.3) is 10.0 Å². The predicted molar refractivity (Wildman–Crippen MR) is 105 cm³/mol. The molecule has 0 fully saturated rings. The van der Waals surface area contributed by atoms with E-state index in [0.29, 0.717) is 39.2 Å². The Bertz CT molecular complexity index is 923. The molecule has 0 atom stereocenters. The first-order valence-corrected chi connectivity index (χ1v) is 11.0. The summed E-state index contributed by atoms with van der Waals surface area (Å²) in [5, 5.41) is 3.32. The fourth-order valence-corrected chi connectivity index (χ4v) is 5.09. The molecule has 11 heteroatoms. The molecule has 3 rings (SSSR count). The number of nitrogens with zero attached hydrogens (tertiary/aromatic N) is 1. The molecule has 0 spiro atoms. The molecular weight excluding hydrogens is 418 g/mol. The van der Waals surface area contributed by atoms with Gasteiger partial charge in [-0.3, -0.25) is 0 Å². The van der Waals surface area contributed by atoms with Crippen molar-refractivity contribution in [1.29, 1.82) is 0 Å². The summed E-state index contributed by atoms with van der Waals surface area (Å²) < 4.78 is 33.3. The Hall–Kier alpha value is -1.27. The summed E-state index contributed by atoms with van der Waals surface area (Å²) >= 11 is 8.42. The Kier molecular flexibility index (Phi) is 6.46. The Morgan fingerprint density at radius 3 is 2.69 bits per heavy atom. The van der Waals surface area contributed by atoms with Crippen LogP contribution in [-0.4, -0.2) is 20.0 Å². The number of halogens is 1. The molecule has 0 bridgehead atoms. The number of benzene rings is 2. The molecule has 0 aliphatic carbocycles. The molecule has 0 saturated carbocycles. The van der Waals surface area contributed by atoms with E-state index in [4.69, 9.17) is 17.5 Å². The number of hydrogen-bond acceptors (Lipinski definition) is 8. The second kappa shape index (κ2) is 8.61. The number of nitrogens with one attached hydrogen (secondary N) is 1. The summed E-state index contributed by atoms with van der Waals surface area (Å²) in [5.74, 6) is 6.31. The number of nitrogens with two attached hydrogens (primary N) is 1. The number of fused-ring (bicyclic) bond motifs is 1. The number of hydrogen-bond donors (Lipinski definition) is 2. The third kappa shape index (κ3) is 4.71. The molecule has 2 aromatic rings. The molecule has 0 amide bonds. The molecule has 0 unspecified atom stereocenters. The van der Waals surface area contributed by atoms with Crippen LogP contribution in [0.25, 0.3) is 0 Å². The molecule has 0 aromatic heterocycles. The van der Waals surface area contributed by atoms with Crippen molar-refractivity contribution >= 4 is 57.0 Å². The van der Waals surface area contributed by atoms with E-state index >= 15 is 0 Å². The largest absolute Gasteiger partial charge is 0.341 e.